The van der Waals surface area contributed by atoms with Crippen LogP contribution >= 0.6 is 11.3 Å². The van der Waals surface area contributed by atoms with E-state index in [1.54, 1.807) is 24.7 Å². The average Bonchev–Trinajstić information content (AvgIpc) is 3.11. The first-order valence-electron chi connectivity index (χ1n) is 7.43. The molecule has 0 aliphatic rings. The van der Waals surface area contributed by atoms with Gasteiger partial charge in [-0.1, -0.05) is 6.07 Å². The highest BCUT2D eigenvalue weighted by Gasteiger charge is 2.15. The molecule has 0 aliphatic carbocycles. The molecule has 3 N–H and O–H groups in total. The molecule has 1 atom stereocenters. The van der Waals surface area contributed by atoms with Crippen LogP contribution in [0.3, 0.4) is 0 Å². The lowest BCUT2D eigenvalue weighted by Crippen LogP contribution is -2.26. The number of thiazole rings is 1. The minimum atomic E-state index is -0.143. The second-order valence-corrected chi connectivity index (χ2v) is 6.35. The highest BCUT2D eigenvalue weighted by atomic mass is 32.1. The van der Waals surface area contributed by atoms with Crippen LogP contribution in [0.15, 0.2) is 42.2 Å². The monoisotopic (exact) mass is 339 g/mol. The Morgan fingerprint density at radius 2 is 2.00 bits per heavy atom. The number of rotatable bonds is 4. The molecular formula is C17H17N5OS. The van der Waals surface area contributed by atoms with Gasteiger partial charge in [0.15, 0.2) is 0 Å². The van der Waals surface area contributed by atoms with E-state index < -0.39 is 0 Å². The molecule has 3 rings (SSSR count). The van der Waals surface area contributed by atoms with Gasteiger partial charge in [0.05, 0.1) is 6.04 Å². The van der Waals surface area contributed by atoms with Gasteiger partial charge in [-0.05, 0) is 37.1 Å². The minimum absolute atomic E-state index is 0.137. The molecule has 2 heterocycles. The Morgan fingerprint density at radius 1 is 1.25 bits per heavy atom. The van der Waals surface area contributed by atoms with E-state index in [-0.39, 0.29) is 17.9 Å². The van der Waals surface area contributed by atoms with Crippen molar-refractivity contribution in [2.75, 3.05) is 5.73 Å². The molecule has 6 nitrogen and oxygen atoms in total. The molecule has 0 saturated heterocycles. The fraction of sp³-hybridized carbons (Fsp3) is 0.176. The molecule has 0 bridgehead atoms. The summed E-state index contributed by atoms with van der Waals surface area (Å²) in [6, 6.07) is 5.42. The van der Waals surface area contributed by atoms with Crippen molar-refractivity contribution in [3.8, 4) is 11.1 Å². The van der Waals surface area contributed by atoms with Gasteiger partial charge in [-0.3, -0.25) is 4.79 Å². The Labute approximate surface area is 143 Å². The first kappa shape index (κ1) is 16.1. The fourth-order valence-electron chi connectivity index (χ4n) is 2.34. The molecule has 1 amide bonds. The average molecular weight is 339 g/mol. The summed E-state index contributed by atoms with van der Waals surface area (Å²) in [5.74, 6) is 0.0814. The van der Waals surface area contributed by atoms with Crippen LogP contribution < -0.4 is 11.1 Å². The quantitative estimate of drug-likeness (QED) is 0.762. The second kappa shape index (κ2) is 6.76. The number of carbonyl (C=O) groups is 1. The van der Waals surface area contributed by atoms with E-state index in [0.717, 1.165) is 21.7 Å². The van der Waals surface area contributed by atoms with E-state index in [1.807, 2.05) is 31.4 Å². The SMILES string of the molecule is Cc1ccc(C(=O)N[C@@H](C)c2nccs2)cc1-c1cnc(N)nc1. The van der Waals surface area contributed by atoms with Crippen LogP contribution in [0.5, 0.6) is 0 Å². The number of benzene rings is 1. The summed E-state index contributed by atoms with van der Waals surface area (Å²) in [4.78, 5) is 24.8. The maximum absolute atomic E-state index is 12.5. The third kappa shape index (κ3) is 3.41. The third-order valence-corrected chi connectivity index (χ3v) is 4.61. The van der Waals surface area contributed by atoms with Crippen molar-refractivity contribution >= 4 is 23.2 Å². The predicted octanol–water partition coefficient (Wildman–Crippen LogP) is 2.98. The van der Waals surface area contributed by atoms with Gasteiger partial charge in [0, 0.05) is 35.1 Å². The zero-order chi connectivity index (χ0) is 17.1. The summed E-state index contributed by atoms with van der Waals surface area (Å²) in [7, 11) is 0. The number of hydrogen-bond acceptors (Lipinski definition) is 6. The highest BCUT2D eigenvalue weighted by molar-refractivity contribution is 7.09. The molecule has 24 heavy (non-hydrogen) atoms. The number of carbonyl (C=O) groups excluding carboxylic acids is 1. The van der Waals surface area contributed by atoms with E-state index >= 15 is 0 Å². The lowest BCUT2D eigenvalue weighted by Gasteiger charge is -2.13. The molecule has 0 radical (unpaired) electrons. The van der Waals surface area contributed by atoms with Crippen LogP contribution in [-0.2, 0) is 0 Å². The molecule has 0 spiro atoms. The number of nitrogen functional groups attached to an aromatic ring is 1. The zero-order valence-corrected chi connectivity index (χ0v) is 14.2. The molecule has 3 aromatic rings. The Hall–Kier alpha value is -2.80. The van der Waals surface area contributed by atoms with Crippen molar-refractivity contribution in [1.29, 1.82) is 0 Å². The van der Waals surface area contributed by atoms with Gasteiger partial charge in [0.25, 0.3) is 5.91 Å². The third-order valence-electron chi connectivity index (χ3n) is 3.65. The maximum Gasteiger partial charge on any atom is 0.251 e. The number of hydrogen-bond donors (Lipinski definition) is 2. The van der Waals surface area contributed by atoms with Gasteiger partial charge >= 0.3 is 0 Å². The van der Waals surface area contributed by atoms with Crippen LogP contribution in [0.1, 0.15) is 33.9 Å². The van der Waals surface area contributed by atoms with Gasteiger partial charge in [0.1, 0.15) is 5.01 Å². The molecule has 122 valence electrons. The number of amides is 1. The Bertz CT molecular complexity index is 846. The van der Waals surface area contributed by atoms with Crippen LogP contribution in [0.25, 0.3) is 11.1 Å². The number of aromatic nitrogens is 3. The zero-order valence-electron chi connectivity index (χ0n) is 13.4. The van der Waals surface area contributed by atoms with Crippen molar-refractivity contribution in [2.45, 2.75) is 19.9 Å². The molecule has 0 saturated carbocycles. The van der Waals surface area contributed by atoms with E-state index in [4.69, 9.17) is 5.73 Å². The molecule has 7 heteroatoms. The summed E-state index contributed by atoms with van der Waals surface area (Å²) in [6.07, 6.45) is 5.04. The number of nitrogens with zero attached hydrogens (tertiary/aromatic N) is 3. The van der Waals surface area contributed by atoms with Crippen molar-refractivity contribution in [3.63, 3.8) is 0 Å². The minimum Gasteiger partial charge on any atom is -0.368 e. The smallest absolute Gasteiger partial charge is 0.251 e. The Kier molecular flexibility index (Phi) is 4.52. The first-order chi connectivity index (χ1) is 11.5. The maximum atomic E-state index is 12.5. The van der Waals surface area contributed by atoms with Crippen LogP contribution in [0.4, 0.5) is 5.95 Å². The van der Waals surface area contributed by atoms with E-state index in [2.05, 4.69) is 20.3 Å². The highest BCUT2D eigenvalue weighted by Crippen LogP contribution is 2.24. The number of nitrogens with two attached hydrogens (primary N) is 1. The Morgan fingerprint density at radius 3 is 2.67 bits per heavy atom. The van der Waals surface area contributed by atoms with Gasteiger partial charge < -0.3 is 11.1 Å². The number of aryl methyl sites for hydroxylation is 1. The van der Waals surface area contributed by atoms with Crippen molar-refractivity contribution < 1.29 is 4.79 Å². The lowest BCUT2D eigenvalue weighted by atomic mass is 10.00. The van der Waals surface area contributed by atoms with Gasteiger partial charge in [-0.2, -0.15) is 0 Å². The largest absolute Gasteiger partial charge is 0.368 e. The molecule has 2 aromatic heterocycles. The summed E-state index contributed by atoms with van der Waals surface area (Å²) < 4.78 is 0. The van der Waals surface area contributed by atoms with Gasteiger partial charge in [0.2, 0.25) is 5.95 Å². The first-order valence-corrected chi connectivity index (χ1v) is 8.31. The van der Waals surface area contributed by atoms with E-state index in [9.17, 15) is 4.79 Å². The van der Waals surface area contributed by atoms with Crippen molar-refractivity contribution in [2.24, 2.45) is 0 Å². The standard InChI is InChI=1S/C17H17N5OS/c1-10-3-4-12(7-14(10)13-8-20-17(18)21-9-13)15(23)22-11(2)16-19-5-6-24-16/h3-9,11H,1-2H3,(H,22,23)(H2,18,20,21)/t11-/m0/s1. The molecule has 0 fully saturated rings. The van der Waals surface area contributed by atoms with E-state index in [0.29, 0.717) is 5.56 Å². The normalized spacial score (nSPS) is 11.9. The number of nitrogens with one attached hydrogen (secondary N) is 1. The summed E-state index contributed by atoms with van der Waals surface area (Å²) in [5.41, 5.74) is 8.88. The number of anilines is 1. The summed E-state index contributed by atoms with van der Waals surface area (Å²) >= 11 is 1.52. The van der Waals surface area contributed by atoms with Crippen molar-refractivity contribution in [1.82, 2.24) is 20.3 Å². The molecule has 0 unspecified atom stereocenters. The molecule has 1 aromatic carbocycles. The van der Waals surface area contributed by atoms with Crippen LogP contribution in [0, 0.1) is 6.92 Å². The van der Waals surface area contributed by atoms with Crippen LogP contribution in [-0.4, -0.2) is 20.9 Å². The van der Waals surface area contributed by atoms with Crippen LogP contribution in [0.2, 0.25) is 0 Å². The van der Waals surface area contributed by atoms with E-state index in [1.165, 1.54) is 11.3 Å². The van der Waals surface area contributed by atoms with Gasteiger partial charge in [-0.15, -0.1) is 11.3 Å². The lowest BCUT2D eigenvalue weighted by molar-refractivity contribution is 0.0940. The van der Waals surface area contributed by atoms with Gasteiger partial charge in [-0.25, -0.2) is 15.0 Å². The second-order valence-electron chi connectivity index (χ2n) is 5.43. The summed E-state index contributed by atoms with van der Waals surface area (Å²) in [6.45, 7) is 3.89. The topological polar surface area (TPSA) is 93.8 Å². The van der Waals surface area contributed by atoms with Crippen molar-refractivity contribution in [3.05, 3.63) is 58.3 Å². The molecule has 0 aliphatic heterocycles. The predicted molar refractivity (Wildman–Crippen MR) is 94.6 cm³/mol. The molecular weight excluding hydrogens is 322 g/mol. The summed E-state index contributed by atoms with van der Waals surface area (Å²) in [5, 5.41) is 5.73. The Balaban J connectivity index is 1.85. The fourth-order valence-corrected chi connectivity index (χ4v) is 2.99.